The van der Waals surface area contributed by atoms with Crippen LogP contribution in [0.4, 0.5) is 5.69 Å². The van der Waals surface area contributed by atoms with E-state index in [0.29, 0.717) is 11.5 Å². The summed E-state index contributed by atoms with van der Waals surface area (Å²) in [4.78, 5) is 22.8. The van der Waals surface area contributed by atoms with Gasteiger partial charge >= 0.3 is 0 Å². The number of hydrogen-bond acceptors (Lipinski definition) is 5. The van der Waals surface area contributed by atoms with Crippen LogP contribution >= 0.6 is 0 Å². The highest BCUT2D eigenvalue weighted by molar-refractivity contribution is 5.98. The Kier molecular flexibility index (Phi) is 5.34. The Balaban J connectivity index is 1.44. The Morgan fingerprint density at radius 1 is 0.900 bits per heavy atom. The van der Waals surface area contributed by atoms with Crippen molar-refractivity contribution in [2.75, 3.05) is 0 Å². The molecule has 148 valence electrons. The summed E-state index contributed by atoms with van der Waals surface area (Å²) in [6.07, 6.45) is 0. The fourth-order valence-corrected chi connectivity index (χ4v) is 3.08. The second-order valence-electron chi connectivity index (χ2n) is 6.58. The Bertz CT molecular complexity index is 1180. The summed E-state index contributed by atoms with van der Waals surface area (Å²) >= 11 is 0. The molecule has 1 amide bonds. The minimum absolute atomic E-state index is 0.00252. The van der Waals surface area contributed by atoms with Crippen LogP contribution in [0.25, 0.3) is 22.5 Å². The Hall–Kier alpha value is -4.26. The van der Waals surface area contributed by atoms with E-state index in [1.165, 1.54) is 18.2 Å². The number of carbonyl (C=O) groups excluding carboxylic acids is 1. The predicted octanol–water partition coefficient (Wildman–Crippen LogP) is 4.85. The van der Waals surface area contributed by atoms with Crippen molar-refractivity contribution in [2.24, 2.45) is 0 Å². The zero-order valence-electron chi connectivity index (χ0n) is 15.8. The fourth-order valence-electron chi connectivity index (χ4n) is 3.08. The van der Waals surface area contributed by atoms with E-state index in [-0.39, 0.29) is 17.8 Å². The minimum Gasteiger partial charge on any atom is -0.356 e. The summed E-state index contributed by atoms with van der Waals surface area (Å²) in [6, 6.07) is 25.5. The van der Waals surface area contributed by atoms with Gasteiger partial charge in [-0.15, -0.1) is 0 Å². The SMILES string of the molecule is O=C(NCc1cc(-c2ccc(-c3ccccc3)cc2)on1)c1ccccc1[N+](=O)[O-]. The number of amides is 1. The van der Waals surface area contributed by atoms with E-state index < -0.39 is 10.8 Å². The zero-order chi connectivity index (χ0) is 20.9. The number of benzene rings is 3. The molecule has 30 heavy (non-hydrogen) atoms. The molecule has 0 spiro atoms. The molecule has 3 aromatic carbocycles. The average molecular weight is 399 g/mol. The monoisotopic (exact) mass is 399 g/mol. The molecule has 1 aromatic heterocycles. The molecule has 0 aliphatic heterocycles. The first-order valence-electron chi connectivity index (χ1n) is 9.25. The van der Waals surface area contributed by atoms with Crippen molar-refractivity contribution in [2.45, 2.75) is 6.54 Å². The maximum Gasteiger partial charge on any atom is 0.282 e. The molecule has 1 heterocycles. The Labute approximate surface area is 172 Å². The van der Waals surface area contributed by atoms with Crippen LogP contribution in [0.2, 0.25) is 0 Å². The van der Waals surface area contributed by atoms with Crippen molar-refractivity contribution in [3.8, 4) is 22.5 Å². The van der Waals surface area contributed by atoms with E-state index in [0.717, 1.165) is 16.7 Å². The molecule has 0 aliphatic carbocycles. The van der Waals surface area contributed by atoms with Gasteiger partial charge in [0.25, 0.3) is 11.6 Å². The first-order valence-corrected chi connectivity index (χ1v) is 9.25. The molecule has 0 bridgehead atoms. The predicted molar refractivity (Wildman–Crippen MR) is 112 cm³/mol. The first kappa shape index (κ1) is 19.1. The lowest BCUT2D eigenvalue weighted by Crippen LogP contribution is -2.23. The van der Waals surface area contributed by atoms with Gasteiger partial charge in [0.05, 0.1) is 11.5 Å². The van der Waals surface area contributed by atoms with Crippen molar-refractivity contribution in [1.82, 2.24) is 10.5 Å². The maximum atomic E-state index is 12.3. The van der Waals surface area contributed by atoms with Gasteiger partial charge in [0.15, 0.2) is 5.76 Å². The van der Waals surface area contributed by atoms with Gasteiger partial charge < -0.3 is 9.84 Å². The lowest BCUT2D eigenvalue weighted by Gasteiger charge is -2.03. The highest BCUT2D eigenvalue weighted by atomic mass is 16.6. The van der Waals surface area contributed by atoms with Crippen LogP contribution in [0, 0.1) is 10.1 Å². The number of carbonyl (C=O) groups is 1. The van der Waals surface area contributed by atoms with Crippen molar-refractivity contribution in [1.29, 1.82) is 0 Å². The number of nitrogens with zero attached hydrogens (tertiary/aromatic N) is 2. The Morgan fingerprint density at radius 2 is 1.53 bits per heavy atom. The summed E-state index contributed by atoms with van der Waals surface area (Å²) < 4.78 is 5.39. The molecule has 0 fully saturated rings. The molecular formula is C23H17N3O4. The molecule has 0 unspecified atom stereocenters. The summed E-state index contributed by atoms with van der Waals surface area (Å²) in [7, 11) is 0. The molecule has 0 saturated heterocycles. The molecule has 0 radical (unpaired) electrons. The zero-order valence-corrected chi connectivity index (χ0v) is 15.8. The third-order valence-corrected chi connectivity index (χ3v) is 4.61. The number of nitro groups is 1. The topological polar surface area (TPSA) is 98.3 Å². The van der Waals surface area contributed by atoms with E-state index in [9.17, 15) is 14.9 Å². The van der Waals surface area contributed by atoms with Gasteiger partial charge in [0.2, 0.25) is 0 Å². The van der Waals surface area contributed by atoms with E-state index >= 15 is 0 Å². The first-order chi connectivity index (χ1) is 14.6. The minimum atomic E-state index is -0.581. The normalized spacial score (nSPS) is 10.5. The number of aromatic nitrogens is 1. The summed E-state index contributed by atoms with van der Waals surface area (Å²) in [5.74, 6) is 0.0311. The van der Waals surface area contributed by atoms with E-state index in [2.05, 4.69) is 10.5 Å². The van der Waals surface area contributed by atoms with Crippen LogP contribution in [0.3, 0.4) is 0 Å². The molecule has 0 saturated carbocycles. The highest BCUT2D eigenvalue weighted by Gasteiger charge is 2.19. The van der Waals surface area contributed by atoms with Gasteiger partial charge in [-0.05, 0) is 17.2 Å². The molecule has 4 aromatic rings. The van der Waals surface area contributed by atoms with E-state index in [1.807, 2.05) is 54.6 Å². The second kappa shape index (κ2) is 8.40. The lowest BCUT2D eigenvalue weighted by molar-refractivity contribution is -0.385. The van der Waals surface area contributed by atoms with Gasteiger partial charge in [-0.3, -0.25) is 14.9 Å². The number of nitro benzene ring substituents is 1. The quantitative estimate of drug-likeness (QED) is 0.369. The number of nitrogens with one attached hydrogen (secondary N) is 1. The molecular weight excluding hydrogens is 382 g/mol. The second-order valence-corrected chi connectivity index (χ2v) is 6.58. The molecule has 7 nitrogen and oxygen atoms in total. The van der Waals surface area contributed by atoms with Crippen LogP contribution in [0.15, 0.2) is 89.5 Å². The lowest BCUT2D eigenvalue weighted by atomic mass is 10.0. The molecule has 0 atom stereocenters. The number of rotatable bonds is 6. The van der Waals surface area contributed by atoms with Crippen molar-refractivity contribution < 1.29 is 14.2 Å². The smallest absolute Gasteiger partial charge is 0.282 e. The molecule has 7 heteroatoms. The summed E-state index contributed by atoms with van der Waals surface area (Å²) in [5, 5.41) is 17.7. The summed E-state index contributed by atoms with van der Waals surface area (Å²) in [6.45, 7) is 0.0937. The molecule has 0 aliphatic rings. The number of hydrogen-bond donors (Lipinski definition) is 1. The van der Waals surface area contributed by atoms with Gasteiger partial charge in [-0.1, -0.05) is 71.9 Å². The third kappa shape index (κ3) is 4.10. The highest BCUT2D eigenvalue weighted by Crippen LogP contribution is 2.25. The van der Waals surface area contributed by atoms with Crippen LogP contribution in [-0.2, 0) is 6.54 Å². The van der Waals surface area contributed by atoms with Crippen LogP contribution in [0.5, 0.6) is 0 Å². The van der Waals surface area contributed by atoms with Gasteiger partial charge in [-0.25, -0.2) is 0 Å². The largest absolute Gasteiger partial charge is 0.356 e. The van der Waals surface area contributed by atoms with Crippen molar-refractivity contribution in [3.05, 3.63) is 106 Å². The third-order valence-electron chi connectivity index (χ3n) is 4.61. The van der Waals surface area contributed by atoms with E-state index in [1.54, 1.807) is 12.1 Å². The van der Waals surface area contributed by atoms with E-state index in [4.69, 9.17) is 4.52 Å². The van der Waals surface area contributed by atoms with Crippen LogP contribution < -0.4 is 5.32 Å². The molecule has 1 N–H and O–H groups in total. The molecule has 4 rings (SSSR count). The summed E-state index contributed by atoms with van der Waals surface area (Å²) in [5.41, 5.74) is 3.36. The van der Waals surface area contributed by atoms with Gasteiger partial charge in [-0.2, -0.15) is 0 Å². The Morgan fingerprint density at radius 3 is 2.27 bits per heavy atom. The van der Waals surface area contributed by atoms with Crippen LogP contribution in [0.1, 0.15) is 16.1 Å². The number of para-hydroxylation sites is 1. The van der Waals surface area contributed by atoms with Crippen molar-refractivity contribution in [3.63, 3.8) is 0 Å². The van der Waals surface area contributed by atoms with Gasteiger partial charge in [0.1, 0.15) is 11.3 Å². The van der Waals surface area contributed by atoms with Crippen LogP contribution in [-0.4, -0.2) is 16.0 Å². The van der Waals surface area contributed by atoms with Crippen molar-refractivity contribution >= 4 is 11.6 Å². The standard InChI is InChI=1S/C23H17N3O4/c27-23(20-8-4-5-9-21(20)26(28)29)24-15-19-14-22(30-25-19)18-12-10-17(11-13-18)16-6-2-1-3-7-16/h1-14H,15H2,(H,24,27). The maximum absolute atomic E-state index is 12.3. The average Bonchev–Trinajstić information content (AvgIpc) is 3.27. The van der Waals surface area contributed by atoms with Gasteiger partial charge in [0, 0.05) is 17.7 Å². The fraction of sp³-hybridized carbons (Fsp3) is 0.0435.